The van der Waals surface area contributed by atoms with Crippen molar-refractivity contribution in [3.05, 3.63) is 59.9 Å². The lowest BCUT2D eigenvalue weighted by molar-refractivity contribution is -0.141. The minimum absolute atomic E-state index is 0.0334. The fraction of sp³-hybridized carbons (Fsp3) is 0.462. The van der Waals surface area contributed by atoms with Crippen molar-refractivity contribution < 1.29 is 18.7 Å². The fourth-order valence-electron chi connectivity index (χ4n) is 5.32. The molecule has 0 aromatic heterocycles. The molecule has 0 saturated carbocycles. The zero-order valence-corrected chi connectivity index (χ0v) is 19.0. The Kier molecular flexibility index (Phi) is 6.49. The van der Waals surface area contributed by atoms with Crippen LogP contribution < -0.4 is 9.64 Å². The van der Waals surface area contributed by atoms with Crippen molar-refractivity contribution in [2.45, 2.75) is 39.2 Å². The molecule has 6 heteroatoms. The number of nitrogens with zero attached hydrogens (tertiary/aromatic N) is 2. The van der Waals surface area contributed by atoms with E-state index >= 15 is 0 Å². The third kappa shape index (κ3) is 4.50. The molecule has 2 amide bonds. The Bertz CT molecular complexity index is 950. The smallest absolute Gasteiger partial charge is 0.228 e. The Balaban J connectivity index is 1.73. The number of amides is 2. The molecule has 2 aromatic carbocycles. The molecular weight excluding hydrogens is 407 g/mol. The molecule has 5 nitrogen and oxygen atoms in total. The SMILES string of the molecule is COc1ccc(N2C(=O)CCC(C(=O)N3CC(C)CC(C)C3)C2c2ccc(F)cc2)cc1. The predicted molar refractivity (Wildman–Crippen MR) is 122 cm³/mol. The largest absolute Gasteiger partial charge is 0.497 e. The van der Waals surface area contributed by atoms with Crippen molar-refractivity contribution >= 4 is 17.5 Å². The van der Waals surface area contributed by atoms with Crippen LogP contribution in [0.5, 0.6) is 5.75 Å². The molecule has 2 heterocycles. The van der Waals surface area contributed by atoms with Crippen molar-refractivity contribution in [2.75, 3.05) is 25.1 Å². The van der Waals surface area contributed by atoms with Crippen LogP contribution in [0.15, 0.2) is 48.5 Å². The second kappa shape index (κ2) is 9.31. The molecule has 2 aliphatic heterocycles. The lowest BCUT2D eigenvalue weighted by Gasteiger charge is -2.44. The first-order valence-electron chi connectivity index (χ1n) is 11.4. The van der Waals surface area contributed by atoms with Gasteiger partial charge in [-0.05, 0) is 66.6 Å². The summed E-state index contributed by atoms with van der Waals surface area (Å²) in [6, 6.07) is 13.0. The van der Waals surface area contributed by atoms with Gasteiger partial charge in [0.15, 0.2) is 0 Å². The summed E-state index contributed by atoms with van der Waals surface area (Å²) in [6.45, 7) is 5.85. The van der Waals surface area contributed by atoms with E-state index in [1.165, 1.54) is 12.1 Å². The van der Waals surface area contributed by atoms with Gasteiger partial charge in [-0.3, -0.25) is 9.59 Å². The van der Waals surface area contributed by atoms with E-state index in [1.807, 2.05) is 29.2 Å². The number of carbonyl (C=O) groups excluding carboxylic acids is 2. The molecule has 170 valence electrons. The molecule has 2 fully saturated rings. The number of anilines is 1. The average molecular weight is 439 g/mol. The monoisotopic (exact) mass is 438 g/mol. The molecule has 32 heavy (non-hydrogen) atoms. The first kappa shape index (κ1) is 22.3. The highest BCUT2D eigenvalue weighted by atomic mass is 19.1. The van der Waals surface area contributed by atoms with Crippen LogP contribution in [-0.2, 0) is 9.59 Å². The van der Waals surface area contributed by atoms with Gasteiger partial charge in [-0.25, -0.2) is 4.39 Å². The number of ether oxygens (including phenoxy) is 1. The molecule has 0 aliphatic carbocycles. The fourth-order valence-corrected chi connectivity index (χ4v) is 5.32. The van der Waals surface area contributed by atoms with E-state index in [0.29, 0.717) is 36.1 Å². The lowest BCUT2D eigenvalue weighted by atomic mass is 9.81. The summed E-state index contributed by atoms with van der Waals surface area (Å²) in [4.78, 5) is 30.6. The first-order chi connectivity index (χ1) is 15.4. The number of hydrogen-bond acceptors (Lipinski definition) is 3. The van der Waals surface area contributed by atoms with Crippen molar-refractivity contribution in [1.82, 2.24) is 4.90 Å². The van der Waals surface area contributed by atoms with Crippen LogP contribution >= 0.6 is 0 Å². The van der Waals surface area contributed by atoms with Gasteiger partial charge in [0.25, 0.3) is 0 Å². The molecular formula is C26H31FN2O3. The minimum Gasteiger partial charge on any atom is -0.497 e. The van der Waals surface area contributed by atoms with Crippen LogP contribution in [-0.4, -0.2) is 36.9 Å². The van der Waals surface area contributed by atoms with E-state index in [1.54, 1.807) is 24.1 Å². The van der Waals surface area contributed by atoms with E-state index in [-0.39, 0.29) is 23.5 Å². The highest BCUT2D eigenvalue weighted by Crippen LogP contribution is 2.41. The maximum absolute atomic E-state index is 13.8. The Hall–Kier alpha value is -2.89. The summed E-state index contributed by atoms with van der Waals surface area (Å²) < 4.78 is 19.0. The Labute approximate surface area is 189 Å². The number of piperidine rings is 2. The van der Waals surface area contributed by atoms with Gasteiger partial charge in [0, 0.05) is 25.2 Å². The quantitative estimate of drug-likeness (QED) is 0.688. The number of halogens is 1. The molecule has 4 unspecified atom stereocenters. The van der Waals surface area contributed by atoms with E-state index in [9.17, 15) is 14.0 Å². The van der Waals surface area contributed by atoms with Crippen molar-refractivity contribution in [3.8, 4) is 5.75 Å². The molecule has 4 atom stereocenters. The van der Waals surface area contributed by atoms with Crippen LogP contribution in [0.25, 0.3) is 0 Å². The van der Waals surface area contributed by atoms with Crippen LogP contribution in [0.2, 0.25) is 0 Å². The second-order valence-electron chi connectivity index (χ2n) is 9.29. The van der Waals surface area contributed by atoms with Gasteiger partial charge < -0.3 is 14.5 Å². The number of benzene rings is 2. The van der Waals surface area contributed by atoms with Crippen LogP contribution in [0.4, 0.5) is 10.1 Å². The maximum atomic E-state index is 13.8. The first-order valence-corrected chi connectivity index (χ1v) is 11.4. The summed E-state index contributed by atoms with van der Waals surface area (Å²) in [5, 5.41) is 0. The summed E-state index contributed by atoms with van der Waals surface area (Å²) in [7, 11) is 1.59. The van der Waals surface area contributed by atoms with E-state index < -0.39 is 6.04 Å². The lowest BCUT2D eigenvalue weighted by Crippen LogP contribution is -2.52. The maximum Gasteiger partial charge on any atom is 0.228 e. The minimum atomic E-state index is -0.481. The van der Waals surface area contributed by atoms with Crippen molar-refractivity contribution in [1.29, 1.82) is 0 Å². The number of likely N-dealkylation sites (tertiary alicyclic amines) is 1. The molecule has 0 spiro atoms. The standard InChI is InChI=1S/C26H31FN2O3/c1-17-14-18(2)16-28(15-17)26(31)23-12-13-24(30)29(21-8-10-22(32-3)11-9-21)25(23)19-4-6-20(27)7-5-19/h4-11,17-18,23,25H,12-16H2,1-3H3. The third-order valence-electron chi connectivity index (χ3n) is 6.66. The van der Waals surface area contributed by atoms with E-state index in [2.05, 4.69) is 13.8 Å². The Morgan fingerprint density at radius 2 is 1.62 bits per heavy atom. The third-order valence-corrected chi connectivity index (χ3v) is 6.66. The average Bonchev–Trinajstić information content (AvgIpc) is 2.78. The van der Waals surface area contributed by atoms with Crippen LogP contribution in [0.3, 0.4) is 0 Å². The van der Waals surface area contributed by atoms with Gasteiger partial charge in [0.2, 0.25) is 11.8 Å². The van der Waals surface area contributed by atoms with E-state index in [4.69, 9.17) is 4.74 Å². The normalized spacial score (nSPS) is 26.2. The van der Waals surface area contributed by atoms with Gasteiger partial charge in [-0.15, -0.1) is 0 Å². The predicted octanol–water partition coefficient (Wildman–Crippen LogP) is 4.82. The zero-order valence-electron chi connectivity index (χ0n) is 19.0. The summed E-state index contributed by atoms with van der Waals surface area (Å²) >= 11 is 0. The van der Waals surface area contributed by atoms with Crippen LogP contribution in [0.1, 0.15) is 44.7 Å². The molecule has 0 radical (unpaired) electrons. The van der Waals surface area contributed by atoms with Gasteiger partial charge >= 0.3 is 0 Å². The topological polar surface area (TPSA) is 49.9 Å². The van der Waals surface area contributed by atoms with Gasteiger partial charge in [0.1, 0.15) is 11.6 Å². The van der Waals surface area contributed by atoms with Crippen LogP contribution in [0, 0.1) is 23.6 Å². The Morgan fingerprint density at radius 1 is 1.00 bits per heavy atom. The molecule has 4 rings (SSSR count). The van der Waals surface area contributed by atoms with Crippen molar-refractivity contribution in [2.24, 2.45) is 17.8 Å². The second-order valence-corrected chi connectivity index (χ2v) is 9.29. The highest BCUT2D eigenvalue weighted by molar-refractivity contribution is 5.97. The van der Waals surface area contributed by atoms with Gasteiger partial charge in [-0.1, -0.05) is 26.0 Å². The number of hydrogen-bond donors (Lipinski definition) is 0. The number of carbonyl (C=O) groups is 2. The zero-order chi connectivity index (χ0) is 22.8. The Morgan fingerprint density at radius 3 is 2.22 bits per heavy atom. The summed E-state index contributed by atoms with van der Waals surface area (Å²) in [5.74, 6) is 0.939. The van der Waals surface area contributed by atoms with Gasteiger partial charge in [-0.2, -0.15) is 0 Å². The van der Waals surface area contributed by atoms with E-state index in [0.717, 1.165) is 25.1 Å². The molecule has 0 N–H and O–H groups in total. The number of rotatable bonds is 4. The molecule has 2 saturated heterocycles. The highest BCUT2D eigenvalue weighted by Gasteiger charge is 2.43. The summed E-state index contributed by atoms with van der Waals surface area (Å²) in [5.41, 5.74) is 1.48. The number of methoxy groups -OCH3 is 1. The van der Waals surface area contributed by atoms with Crippen molar-refractivity contribution in [3.63, 3.8) is 0 Å². The van der Waals surface area contributed by atoms with Gasteiger partial charge in [0.05, 0.1) is 19.1 Å². The molecule has 2 aromatic rings. The molecule has 2 aliphatic rings. The summed E-state index contributed by atoms with van der Waals surface area (Å²) in [6.07, 6.45) is 1.91. The molecule has 0 bridgehead atoms.